The van der Waals surface area contributed by atoms with E-state index in [-0.39, 0.29) is 16.7 Å². The Morgan fingerprint density at radius 2 is 1.89 bits per heavy atom. The van der Waals surface area contributed by atoms with Crippen LogP contribution in [0.2, 0.25) is 0 Å². The number of aromatic amines is 1. The highest BCUT2D eigenvalue weighted by Crippen LogP contribution is 2.27. The third-order valence-electron chi connectivity index (χ3n) is 5.09. The Morgan fingerprint density at radius 3 is 2.63 bits per heavy atom. The fourth-order valence-electron chi connectivity index (χ4n) is 3.24. The molecule has 176 valence electrons. The highest BCUT2D eigenvalue weighted by Gasteiger charge is 2.17. The number of carbonyl (C=O) groups excluding carboxylic acids is 2. The van der Waals surface area contributed by atoms with Crippen molar-refractivity contribution in [1.82, 2.24) is 20.6 Å². The number of nitrogens with zero attached hydrogens (tertiary/aromatic N) is 3. The predicted molar refractivity (Wildman–Crippen MR) is 142 cm³/mol. The maximum atomic E-state index is 13.0. The number of halogens is 1. The number of nitrogens with one attached hydrogen (secondary N) is 3. The second-order valence-corrected chi connectivity index (χ2v) is 9.08. The van der Waals surface area contributed by atoms with Gasteiger partial charge in [-0.05, 0) is 48.4 Å². The first-order chi connectivity index (χ1) is 16.9. The van der Waals surface area contributed by atoms with Crippen LogP contribution >= 0.6 is 28.6 Å². The summed E-state index contributed by atoms with van der Waals surface area (Å²) in [6.45, 7) is 2.00. The maximum absolute atomic E-state index is 13.0. The molecule has 4 rings (SSSR count). The first-order valence-electron chi connectivity index (χ1n) is 10.5. The Bertz CT molecular complexity index is 1370. The van der Waals surface area contributed by atoms with Crippen LogP contribution in [0.5, 0.6) is 0 Å². The molecule has 35 heavy (non-hydrogen) atoms. The zero-order valence-corrected chi connectivity index (χ0v) is 21.0. The van der Waals surface area contributed by atoms with E-state index in [9.17, 15) is 9.59 Å². The summed E-state index contributed by atoms with van der Waals surface area (Å²) < 4.78 is 0.690. The Balaban J connectivity index is 1.50. The van der Waals surface area contributed by atoms with Crippen LogP contribution in [0.15, 0.2) is 82.6 Å². The summed E-state index contributed by atoms with van der Waals surface area (Å²) in [6.07, 6.45) is 2.96. The topological polar surface area (TPSA) is 112 Å². The summed E-state index contributed by atoms with van der Waals surface area (Å²) in [7, 11) is 0. The minimum Gasteiger partial charge on any atom is -0.321 e. The largest absolute Gasteiger partial charge is 0.321 e. The minimum absolute atomic E-state index is 0.263. The van der Waals surface area contributed by atoms with E-state index < -0.39 is 5.91 Å². The molecule has 0 spiro atoms. The van der Waals surface area contributed by atoms with Crippen molar-refractivity contribution < 1.29 is 9.59 Å². The Hall–Kier alpha value is -3.76. The van der Waals surface area contributed by atoms with Gasteiger partial charge in [0.05, 0.1) is 22.7 Å². The number of benzene rings is 3. The van der Waals surface area contributed by atoms with E-state index in [0.717, 1.165) is 16.7 Å². The smallest absolute Gasteiger partial charge is 0.273 e. The second-order valence-electron chi connectivity index (χ2n) is 7.65. The molecule has 3 N–H and O–H groups in total. The molecule has 0 radical (unpaired) electrons. The van der Waals surface area contributed by atoms with Gasteiger partial charge in [0.25, 0.3) is 11.8 Å². The Kier molecular flexibility index (Phi) is 7.74. The molecular formula is C25H21BrN6O2S. The van der Waals surface area contributed by atoms with Gasteiger partial charge in [0.2, 0.25) is 0 Å². The van der Waals surface area contributed by atoms with Gasteiger partial charge in [-0.1, -0.05) is 57.9 Å². The van der Waals surface area contributed by atoms with E-state index in [1.165, 1.54) is 6.33 Å². The van der Waals surface area contributed by atoms with E-state index in [1.807, 2.05) is 37.3 Å². The maximum Gasteiger partial charge on any atom is 0.273 e. The van der Waals surface area contributed by atoms with Gasteiger partial charge in [0, 0.05) is 10.0 Å². The van der Waals surface area contributed by atoms with Gasteiger partial charge in [-0.25, -0.2) is 10.4 Å². The summed E-state index contributed by atoms with van der Waals surface area (Å²) >= 11 is 7.95. The van der Waals surface area contributed by atoms with E-state index in [4.69, 9.17) is 0 Å². The van der Waals surface area contributed by atoms with Crippen LogP contribution in [-0.4, -0.2) is 33.2 Å². The predicted octanol–water partition coefficient (Wildman–Crippen LogP) is 4.91. The molecule has 0 aliphatic carbocycles. The highest BCUT2D eigenvalue weighted by molar-refractivity contribution is 9.10. The van der Waals surface area contributed by atoms with Gasteiger partial charge in [0.15, 0.2) is 0 Å². The quantitative estimate of drug-likeness (QED) is 0.149. The second kappa shape index (κ2) is 11.1. The van der Waals surface area contributed by atoms with Crippen LogP contribution in [-0.2, 0) is 0 Å². The van der Waals surface area contributed by atoms with Crippen LogP contribution in [0.25, 0.3) is 0 Å². The molecule has 1 aromatic heterocycles. The Morgan fingerprint density at radius 1 is 1.09 bits per heavy atom. The number of hydrazone groups is 1. The lowest BCUT2D eigenvalue weighted by Crippen LogP contribution is -2.21. The highest BCUT2D eigenvalue weighted by atomic mass is 79.9. The molecule has 0 fully saturated rings. The average Bonchev–Trinajstić information content (AvgIpc) is 3.41. The van der Waals surface area contributed by atoms with Crippen LogP contribution in [0.3, 0.4) is 0 Å². The number of amides is 2. The van der Waals surface area contributed by atoms with Gasteiger partial charge in [-0.3, -0.25) is 14.7 Å². The summed E-state index contributed by atoms with van der Waals surface area (Å²) in [5.74, 6) is -0.257. The third-order valence-corrected chi connectivity index (χ3v) is 6.12. The van der Waals surface area contributed by atoms with E-state index >= 15 is 0 Å². The fourth-order valence-corrected chi connectivity index (χ4v) is 3.89. The molecule has 0 saturated heterocycles. The molecule has 1 heterocycles. The molecule has 0 aliphatic heterocycles. The van der Waals surface area contributed by atoms with Gasteiger partial charge in [0.1, 0.15) is 12.2 Å². The van der Waals surface area contributed by atoms with Gasteiger partial charge < -0.3 is 5.32 Å². The molecule has 10 heteroatoms. The summed E-state index contributed by atoms with van der Waals surface area (Å²) in [6, 6.07) is 19.8. The fraction of sp³-hybridized carbons (Fsp3) is 0.0800. The third kappa shape index (κ3) is 6.23. The van der Waals surface area contributed by atoms with Crippen molar-refractivity contribution in [3.05, 3.63) is 111 Å². The number of thiol groups is 1. The SMILES string of the molecule is Cc1ccc(/C=N/NC(=O)c2cc(Br)ccc2NC(=O)c2cccc(C(S)c3ncn[nH]3)c2)cc1. The lowest BCUT2D eigenvalue weighted by molar-refractivity contribution is 0.0956. The lowest BCUT2D eigenvalue weighted by Gasteiger charge is -2.13. The van der Waals surface area contributed by atoms with Gasteiger partial charge in [-0.2, -0.15) is 22.8 Å². The van der Waals surface area contributed by atoms with Crippen molar-refractivity contribution in [2.45, 2.75) is 12.2 Å². The van der Waals surface area contributed by atoms with Gasteiger partial charge in [-0.15, -0.1) is 0 Å². The standard InChI is InChI=1S/C25H21BrN6O2S/c1-15-5-7-16(8-6-15)13-28-32-25(34)20-12-19(26)9-10-21(20)30-24(33)18-4-2-3-17(11-18)22(35)23-27-14-29-31-23/h2-14,22,35H,1H3,(H,30,33)(H,32,34)(H,27,29,31)/b28-13+. The molecule has 1 unspecified atom stereocenters. The Labute approximate surface area is 215 Å². The number of aryl methyl sites for hydroxylation is 1. The average molecular weight is 549 g/mol. The minimum atomic E-state index is -0.459. The number of carbonyl (C=O) groups is 2. The molecule has 0 saturated carbocycles. The number of anilines is 1. The number of aromatic nitrogens is 3. The molecule has 4 aromatic rings. The van der Waals surface area contributed by atoms with Gasteiger partial charge >= 0.3 is 0 Å². The van der Waals surface area contributed by atoms with Crippen LogP contribution in [0, 0.1) is 6.92 Å². The van der Waals surface area contributed by atoms with Crippen molar-refractivity contribution in [2.75, 3.05) is 5.32 Å². The first-order valence-corrected chi connectivity index (χ1v) is 11.9. The molecule has 0 aliphatic rings. The molecular weight excluding hydrogens is 528 g/mol. The monoisotopic (exact) mass is 548 g/mol. The summed E-state index contributed by atoms with van der Waals surface area (Å²) in [4.78, 5) is 30.0. The molecule has 3 aromatic carbocycles. The summed E-state index contributed by atoms with van der Waals surface area (Å²) in [5.41, 5.74) is 6.30. The molecule has 0 bridgehead atoms. The number of hydrogen-bond acceptors (Lipinski definition) is 6. The number of rotatable bonds is 7. The van der Waals surface area contributed by atoms with Crippen molar-refractivity contribution >= 4 is 52.3 Å². The van der Waals surface area contributed by atoms with E-state index in [1.54, 1.807) is 42.6 Å². The zero-order chi connectivity index (χ0) is 24.8. The normalized spacial score (nSPS) is 11.9. The van der Waals surface area contributed by atoms with Crippen LogP contribution < -0.4 is 10.7 Å². The molecule has 8 nitrogen and oxygen atoms in total. The van der Waals surface area contributed by atoms with Crippen molar-refractivity contribution in [2.24, 2.45) is 5.10 Å². The lowest BCUT2D eigenvalue weighted by atomic mass is 10.1. The molecule has 1 atom stereocenters. The molecule has 2 amide bonds. The van der Waals surface area contributed by atoms with Crippen molar-refractivity contribution in [3.63, 3.8) is 0 Å². The number of H-pyrrole nitrogens is 1. The van der Waals surface area contributed by atoms with Crippen LogP contribution in [0.1, 0.15) is 48.5 Å². The summed E-state index contributed by atoms with van der Waals surface area (Å²) in [5, 5.41) is 13.1. The zero-order valence-electron chi connectivity index (χ0n) is 18.6. The van der Waals surface area contributed by atoms with E-state index in [2.05, 4.69) is 59.6 Å². The van der Waals surface area contributed by atoms with E-state index in [0.29, 0.717) is 21.5 Å². The van der Waals surface area contributed by atoms with Crippen LogP contribution in [0.4, 0.5) is 5.69 Å². The van der Waals surface area contributed by atoms with Crippen molar-refractivity contribution in [3.8, 4) is 0 Å². The van der Waals surface area contributed by atoms with Crippen molar-refractivity contribution in [1.29, 1.82) is 0 Å². The number of hydrogen-bond donors (Lipinski definition) is 4. The first kappa shape index (κ1) is 24.4.